The normalized spacial score (nSPS) is 11.0. The van der Waals surface area contributed by atoms with Gasteiger partial charge in [-0.2, -0.15) is 0 Å². The zero-order valence-electron chi connectivity index (χ0n) is 9.14. The van der Waals surface area contributed by atoms with Crippen molar-refractivity contribution in [1.82, 2.24) is 10.3 Å². The molecule has 0 saturated carbocycles. The molecule has 0 saturated heterocycles. The van der Waals surface area contributed by atoms with E-state index >= 15 is 0 Å². The molecular formula is C12H12Cl2N2. The van der Waals surface area contributed by atoms with Crippen molar-refractivity contribution in [3.05, 3.63) is 39.5 Å². The molecule has 1 aromatic carbocycles. The summed E-state index contributed by atoms with van der Waals surface area (Å²) in [6.07, 6.45) is 0. The van der Waals surface area contributed by atoms with Gasteiger partial charge in [-0.1, -0.05) is 29.3 Å². The Morgan fingerprint density at radius 1 is 1.31 bits per heavy atom. The molecule has 0 radical (unpaired) electrons. The van der Waals surface area contributed by atoms with E-state index in [-0.39, 0.29) is 0 Å². The second-order valence-corrected chi connectivity index (χ2v) is 4.50. The minimum Gasteiger partial charge on any atom is -0.316 e. The smallest absolute Gasteiger partial charge is 0.0909 e. The Bertz CT molecular complexity index is 538. The summed E-state index contributed by atoms with van der Waals surface area (Å²) < 4.78 is 0. The van der Waals surface area contributed by atoms with Crippen molar-refractivity contribution in [3.8, 4) is 0 Å². The fourth-order valence-electron chi connectivity index (χ4n) is 1.78. The van der Waals surface area contributed by atoms with E-state index < -0.39 is 0 Å². The predicted molar refractivity (Wildman–Crippen MR) is 69.3 cm³/mol. The number of nitrogens with zero attached hydrogens (tertiary/aromatic N) is 1. The molecular weight excluding hydrogens is 243 g/mol. The minimum absolute atomic E-state index is 0.528. The standard InChI is InChI=1S/C12H12Cl2N2/c1-7-5-8(6-15-2)9-3-4-10(13)11(14)12(9)16-7/h3-5,15H,6H2,1-2H3. The van der Waals surface area contributed by atoms with Gasteiger partial charge in [-0.05, 0) is 31.7 Å². The Morgan fingerprint density at radius 3 is 2.75 bits per heavy atom. The number of benzene rings is 1. The third kappa shape index (κ3) is 2.01. The molecule has 84 valence electrons. The lowest BCUT2D eigenvalue weighted by Crippen LogP contribution is -2.06. The van der Waals surface area contributed by atoms with Gasteiger partial charge in [-0.3, -0.25) is 4.98 Å². The van der Waals surface area contributed by atoms with E-state index in [9.17, 15) is 0 Å². The highest BCUT2D eigenvalue weighted by atomic mass is 35.5. The number of hydrogen-bond acceptors (Lipinski definition) is 2. The van der Waals surface area contributed by atoms with Gasteiger partial charge < -0.3 is 5.32 Å². The minimum atomic E-state index is 0.528. The van der Waals surface area contributed by atoms with E-state index in [0.29, 0.717) is 10.0 Å². The Balaban J connectivity index is 2.78. The monoisotopic (exact) mass is 254 g/mol. The molecule has 0 unspecified atom stereocenters. The molecule has 0 aliphatic rings. The summed E-state index contributed by atoms with van der Waals surface area (Å²) >= 11 is 12.1. The van der Waals surface area contributed by atoms with Gasteiger partial charge in [0.1, 0.15) is 0 Å². The van der Waals surface area contributed by atoms with Crippen molar-refractivity contribution in [2.24, 2.45) is 0 Å². The maximum absolute atomic E-state index is 6.16. The third-order valence-corrected chi connectivity index (χ3v) is 3.25. The van der Waals surface area contributed by atoms with Crippen LogP contribution in [0.1, 0.15) is 11.3 Å². The largest absolute Gasteiger partial charge is 0.316 e. The Morgan fingerprint density at radius 2 is 2.06 bits per heavy atom. The average Bonchev–Trinajstić information content (AvgIpc) is 2.24. The predicted octanol–water partition coefficient (Wildman–Crippen LogP) is 3.57. The topological polar surface area (TPSA) is 24.9 Å². The molecule has 0 bridgehead atoms. The van der Waals surface area contributed by atoms with Crippen LogP contribution in [-0.2, 0) is 6.54 Å². The lowest BCUT2D eigenvalue weighted by atomic mass is 10.1. The molecule has 0 fully saturated rings. The first kappa shape index (κ1) is 11.6. The van der Waals surface area contributed by atoms with Gasteiger partial charge in [0.05, 0.1) is 15.6 Å². The van der Waals surface area contributed by atoms with E-state index in [2.05, 4.69) is 16.4 Å². The van der Waals surface area contributed by atoms with Crippen LogP contribution in [0.3, 0.4) is 0 Å². The Hall–Kier alpha value is -0.830. The second kappa shape index (κ2) is 4.58. The summed E-state index contributed by atoms with van der Waals surface area (Å²) in [4.78, 5) is 4.43. The van der Waals surface area contributed by atoms with Gasteiger partial charge in [0.2, 0.25) is 0 Å². The SMILES string of the molecule is CNCc1cc(C)nc2c(Cl)c(Cl)ccc12. The van der Waals surface area contributed by atoms with E-state index in [0.717, 1.165) is 23.1 Å². The summed E-state index contributed by atoms with van der Waals surface area (Å²) in [5, 5.41) is 5.26. The van der Waals surface area contributed by atoms with Crippen LogP contribution in [-0.4, -0.2) is 12.0 Å². The first-order valence-electron chi connectivity index (χ1n) is 5.02. The fraction of sp³-hybridized carbons (Fsp3) is 0.250. The molecule has 0 atom stereocenters. The highest BCUT2D eigenvalue weighted by molar-refractivity contribution is 6.45. The van der Waals surface area contributed by atoms with Crippen molar-refractivity contribution in [2.45, 2.75) is 13.5 Å². The van der Waals surface area contributed by atoms with Gasteiger partial charge in [-0.15, -0.1) is 0 Å². The summed E-state index contributed by atoms with van der Waals surface area (Å²) in [5.74, 6) is 0. The molecule has 4 heteroatoms. The molecule has 0 aliphatic heterocycles. The van der Waals surface area contributed by atoms with Gasteiger partial charge in [0.15, 0.2) is 0 Å². The molecule has 1 heterocycles. The number of pyridine rings is 1. The number of hydrogen-bond donors (Lipinski definition) is 1. The van der Waals surface area contributed by atoms with E-state index in [1.807, 2.05) is 26.1 Å². The van der Waals surface area contributed by atoms with Gasteiger partial charge >= 0.3 is 0 Å². The number of halogens is 2. The van der Waals surface area contributed by atoms with Crippen molar-refractivity contribution < 1.29 is 0 Å². The van der Waals surface area contributed by atoms with Gasteiger partial charge in [-0.25, -0.2) is 0 Å². The highest BCUT2D eigenvalue weighted by Crippen LogP contribution is 2.31. The molecule has 0 amide bonds. The molecule has 2 nitrogen and oxygen atoms in total. The number of aryl methyl sites for hydroxylation is 1. The van der Waals surface area contributed by atoms with E-state index in [1.54, 1.807) is 0 Å². The number of nitrogens with one attached hydrogen (secondary N) is 1. The number of aromatic nitrogens is 1. The van der Waals surface area contributed by atoms with Crippen LogP contribution in [0.5, 0.6) is 0 Å². The Labute approximate surface area is 105 Å². The molecule has 2 aromatic rings. The first-order chi connectivity index (χ1) is 7.63. The van der Waals surface area contributed by atoms with Gasteiger partial charge in [0.25, 0.3) is 0 Å². The molecule has 0 aliphatic carbocycles. The second-order valence-electron chi connectivity index (χ2n) is 3.71. The quantitative estimate of drug-likeness (QED) is 0.887. The summed E-state index contributed by atoms with van der Waals surface area (Å²) in [5.41, 5.74) is 2.91. The molecule has 1 aromatic heterocycles. The highest BCUT2D eigenvalue weighted by Gasteiger charge is 2.09. The molecule has 1 N–H and O–H groups in total. The fourth-order valence-corrected chi connectivity index (χ4v) is 2.14. The summed E-state index contributed by atoms with van der Waals surface area (Å²) in [6.45, 7) is 2.74. The van der Waals surface area contributed by atoms with Crippen molar-refractivity contribution in [3.63, 3.8) is 0 Å². The van der Waals surface area contributed by atoms with E-state index in [4.69, 9.17) is 23.2 Å². The Kier molecular flexibility index (Phi) is 3.33. The molecule has 2 rings (SSSR count). The van der Waals surface area contributed by atoms with Crippen LogP contribution >= 0.6 is 23.2 Å². The first-order valence-corrected chi connectivity index (χ1v) is 5.78. The lowest BCUT2D eigenvalue weighted by molar-refractivity contribution is 0.821. The molecule has 16 heavy (non-hydrogen) atoms. The number of rotatable bonds is 2. The van der Waals surface area contributed by atoms with Crippen LogP contribution in [0.2, 0.25) is 10.0 Å². The third-order valence-electron chi connectivity index (χ3n) is 2.45. The van der Waals surface area contributed by atoms with Gasteiger partial charge in [0, 0.05) is 17.6 Å². The number of fused-ring (bicyclic) bond motifs is 1. The maximum atomic E-state index is 6.16. The summed E-state index contributed by atoms with van der Waals surface area (Å²) in [6, 6.07) is 5.83. The molecule has 0 spiro atoms. The van der Waals surface area contributed by atoms with Crippen LogP contribution in [0, 0.1) is 6.92 Å². The maximum Gasteiger partial charge on any atom is 0.0909 e. The van der Waals surface area contributed by atoms with Crippen molar-refractivity contribution in [2.75, 3.05) is 7.05 Å². The van der Waals surface area contributed by atoms with Crippen LogP contribution < -0.4 is 5.32 Å². The lowest BCUT2D eigenvalue weighted by Gasteiger charge is -2.09. The average molecular weight is 255 g/mol. The van der Waals surface area contributed by atoms with Crippen molar-refractivity contribution >= 4 is 34.1 Å². The summed E-state index contributed by atoms with van der Waals surface area (Å²) in [7, 11) is 1.92. The van der Waals surface area contributed by atoms with Crippen LogP contribution in [0.4, 0.5) is 0 Å². The van der Waals surface area contributed by atoms with Crippen molar-refractivity contribution in [1.29, 1.82) is 0 Å². The zero-order valence-corrected chi connectivity index (χ0v) is 10.7. The zero-order chi connectivity index (χ0) is 11.7. The van der Waals surface area contributed by atoms with Crippen LogP contribution in [0.15, 0.2) is 18.2 Å². The van der Waals surface area contributed by atoms with E-state index in [1.165, 1.54) is 5.56 Å². The van der Waals surface area contributed by atoms with Crippen LogP contribution in [0.25, 0.3) is 10.9 Å².